The van der Waals surface area contributed by atoms with Gasteiger partial charge in [-0.2, -0.15) is 13.2 Å². The Morgan fingerprint density at radius 1 is 1.00 bits per heavy atom. The molecular weight excluding hydrogens is 397 g/mol. The highest BCUT2D eigenvalue weighted by Gasteiger charge is 2.31. The quantitative estimate of drug-likeness (QED) is 0.713. The van der Waals surface area contributed by atoms with Gasteiger partial charge < -0.3 is 19.3 Å². The first-order valence-corrected chi connectivity index (χ1v) is 9.75. The molecule has 5 nitrogen and oxygen atoms in total. The maximum Gasteiger partial charge on any atom is 0.416 e. The minimum atomic E-state index is -4.38. The van der Waals surface area contributed by atoms with Crippen LogP contribution in [0.3, 0.4) is 0 Å². The number of amides is 1. The highest BCUT2D eigenvalue weighted by atomic mass is 19.4. The number of ether oxygens (including phenoxy) is 2. The summed E-state index contributed by atoms with van der Waals surface area (Å²) in [5.41, 5.74) is 0.318. The molecule has 1 aliphatic rings. The number of carbonyl (C=O) groups is 1. The maximum absolute atomic E-state index is 13.0. The molecule has 1 fully saturated rings. The molecular formula is C22H25F3N2O3. The van der Waals surface area contributed by atoms with Gasteiger partial charge in [0.2, 0.25) is 0 Å². The molecule has 162 valence electrons. The molecule has 1 amide bonds. The molecule has 1 aliphatic heterocycles. The molecule has 0 N–H and O–H groups in total. The third kappa shape index (κ3) is 4.98. The standard InChI is InChI=1S/C22H25F3N2O3/c1-15(2)30-19-8-7-16(13-20(19)29-3)21(28)27-11-9-26(10-12-27)18-6-4-5-17(14-18)22(23,24)25/h4-8,13-15H,9-12H2,1-3H3. The minimum Gasteiger partial charge on any atom is -0.493 e. The maximum atomic E-state index is 13.0. The van der Waals surface area contributed by atoms with Crippen LogP contribution in [-0.4, -0.2) is 50.2 Å². The van der Waals surface area contributed by atoms with Crippen LogP contribution in [0.1, 0.15) is 29.8 Å². The van der Waals surface area contributed by atoms with Crippen LogP contribution < -0.4 is 14.4 Å². The fourth-order valence-electron chi connectivity index (χ4n) is 3.38. The van der Waals surface area contributed by atoms with E-state index in [-0.39, 0.29) is 12.0 Å². The Balaban J connectivity index is 1.67. The first-order valence-electron chi connectivity index (χ1n) is 9.75. The van der Waals surface area contributed by atoms with Gasteiger partial charge in [0.1, 0.15) is 0 Å². The average molecular weight is 422 g/mol. The van der Waals surface area contributed by atoms with Crippen LogP contribution in [0.5, 0.6) is 11.5 Å². The van der Waals surface area contributed by atoms with Crippen molar-refractivity contribution in [3.8, 4) is 11.5 Å². The number of methoxy groups -OCH3 is 1. The lowest BCUT2D eigenvalue weighted by molar-refractivity contribution is -0.137. The third-order valence-corrected chi connectivity index (χ3v) is 4.88. The summed E-state index contributed by atoms with van der Waals surface area (Å²) in [5, 5.41) is 0. The lowest BCUT2D eigenvalue weighted by Gasteiger charge is -2.36. The first kappa shape index (κ1) is 21.8. The summed E-state index contributed by atoms with van der Waals surface area (Å²) in [6.07, 6.45) is -4.40. The molecule has 1 saturated heterocycles. The number of rotatable bonds is 5. The Morgan fingerprint density at radius 3 is 2.30 bits per heavy atom. The summed E-state index contributed by atoms with van der Waals surface area (Å²) in [5.74, 6) is 0.906. The van der Waals surface area contributed by atoms with Gasteiger partial charge in [-0.3, -0.25) is 4.79 Å². The van der Waals surface area contributed by atoms with Crippen molar-refractivity contribution in [2.24, 2.45) is 0 Å². The molecule has 0 saturated carbocycles. The van der Waals surface area contributed by atoms with Crippen LogP contribution >= 0.6 is 0 Å². The number of piperazine rings is 1. The van der Waals surface area contributed by atoms with E-state index in [1.54, 1.807) is 29.2 Å². The van der Waals surface area contributed by atoms with Crippen molar-refractivity contribution < 1.29 is 27.4 Å². The van der Waals surface area contributed by atoms with Gasteiger partial charge in [-0.15, -0.1) is 0 Å². The largest absolute Gasteiger partial charge is 0.493 e. The Labute approximate surface area is 174 Å². The molecule has 2 aromatic rings. The van der Waals surface area contributed by atoms with Gasteiger partial charge in [0, 0.05) is 37.4 Å². The van der Waals surface area contributed by atoms with Gasteiger partial charge in [0.05, 0.1) is 18.8 Å². The van der Waals surface area contributed by atoms with Gasteiger partial charge in [-0.25, -0.2) is 0 Å². The number of halogens is 3. The molecule has 0 radical (unpaired) electrons. The number of hydrogen-bond acceptors (Lipinski definition) is 4. The molecule has 3 rings (SSSR count). The van der Waals surface area contributed by atoms with E-state index in [4.69, 9.17) is 9.47 Å². The number of carbonyl (C=O) groups excluding carboxylic acids is 1. The van der Waals surface area contributed by atoms with E-state index in [1.807, 2.05) is 18.7 Å². The highest BCUT2D eigenvalue weighted by Crippen LogP contribution is 2.32. The molecule has 0 aromatic heterocycles. The monoisotopic (exact) mass is 422 g/mol. The Morgan fingerprint density at radius 2 is 1.70 bits per heavy atom. The normalized spacial score (nSPS) is 14.8. The zero-order valence-corrected chi connectivity index (χ0v) is 17.2. The van der Waals surface area contributed by atoms with E-state index in [1.165, 1.54) is 13.2 Å². The molecule has 30 heavy (non-hydrogen) atoms. The SMILES string of the molecule is COc1cc(C(=O)N2CCN(c3cccc(C(F)(F)F)c3)CC2)ccc1OC(C)C. The summed E-state index contributed by atoms with van der Waals surface area (Å²) in [4.78, 5) is 16.4. The van der Waals surface area contributed by atoms with Crippen molar-refractivity contribution in [2.75, 3.05) is 38.2 Å². The predicted molar refractivity (Wildman–Crippen MR) is 108 cm³/mol. The predicted octanol–water partition coefficient (Wildman–Crippen LogP) is 4.46. The molecule has 2 aromatic carbocycles. The third-order valence-electron chi connectivity index (χ3n) is 4.88. The molecule has 0 aliphatic carbocycles. The molecule has 1 heterocycles. The topological polar surface area (TPSA) is 42.0 Å². The number of anilines is 1. The zero-order chi connectivity index (χ0) is 21.9. The smallest absolute Gasteiger partial charge is 0.416 e. The van der Waals surface area contributed by atoms with Crippen LogP contribution in [0.4, 0.5) is 18.9 Å². The summed E-state index contributed by atoms with van der Waals surface area (Å²) in [6, 6.07) is 10.3. The van der Waals surface area contributed by atoms with Crippen LogP contribution in [-0.2, 0) is 6.18 Å². The Hall–Kier alpha value is -2.90. The molecule has 0 spiro atoms. The number of benzene rings is 2. The molecule has 0 atom stereocenters. The van der Waals surface area contributed by atoms with Crippen LogP contribution in [0.15, 0.2) is 42.5 Å². The van der Waals surface area contributed by atoms with Gasteiger partial charge >= 0.3 is 6.18 Å². The van der Waals surface area contributed by atoms with Crippen LogP contribution in [0.25, 0.3) is 0 Å². The fraction of sp³-hybridized carbons (Fsp3) is 0.409. The van der Waals surface area contributed by atoms with Crippen molar-refractivity contribution in [1.82, 2.24) is 4.90 Å². The average Bonchev–Trinajstić information content (AvgIpc) is 2.73. The van der Waals surface area contributed by atoms with E-state index in [2.05, 4.69) is 0 Å². The summed E-state index contributed by atoms with van der Waals surface area (Å²) < 4.78 is 49.9. The van der Waals surface area contributed by atoms with Crippen LogP contribution in [0, 0.1) is 0 Å². The molecule has 0 unspecified atom stereocenters. The van der Waals surface area contributed by atoms with Crippen molar-refractivity contribution in [2.45, 2.75) is 26.1 Å². The van der Waals surface area contributed by atoms with E-state index in [0.717, 1.165) is 12.1 Å². The number of alkyl halides is 3. The molecule has 8 heteroatoms. The zero-order valence-electron chi connectivity index (χ0n) is 17.2. The number of hydrogen-bond donors (Lipinski definition) is 0. The highest BCUT2D eigenvalue weighted by molar-refractivity contribution is 5.95. The van der Waals surface area contributed by atoms with Gasteiger partial charge in [0.25, 0.3) is 5.91 Å². The van der Waals surface area contributed by atoms with E-state index in [0.29, 0.717) is 48.9 Å². The van der Waals surface area contributed by atoms with Crippen LogP contribution in [0.2, 0.25) is 0 Å². The second-order valence-corrected chi connectivity index (χ2v) is 7.36. The first-order chi connectivity index (χ1) is 14.2. The second kappa shape index (κ2) is 8.85. The van der Waals surface area contributed by atoms with Crippen molar-refractivity contribution in [3.63, 3.8) is 0 Å². The van der Waals surface area contributed by atoms with Crippen molar-refractivity contribution >= 4 is 11.6 Å². The number of nitrogens with zero attached hydrogens (tertiary/aromatic N) is 2. The fourth-order valence-corrected chi connectivity index (χ4v) is 3.38. The summed E-state index contributed by atoms with van der Waals surface area (Å²) in [7, 11) is 1.52. The second-order valence-electron chi connectivity index (χ2n) is 7.36. The van der Waals surface area contributed by atoms with E-state index < -0.39 is 11.7 Å². The van der Waals surface area contributed by atoms with Gasteiger partial charge in [0.15, 0.2) is 11.5 Å². The van der Waals surface area contributed by atoms with Crippen molar-refractivity contribution in [3.05, 3.63) is 53.6 Å². The Kier molecular flexibility index (Phi) is 6.43. The summed E-state index contributed by atoms with van der Waals surface area (Å²) in [6.45, 7) is 5.56. The van der Waals surface area contributed by atoms with E-state index in [9.17, 15) is 18.0 Å². The summed E-state index contributed by atoms with van der Waals surface area (Å²) >= 11 is 0. The van der Waals surface area contributed by atoms with Crippen molar-refractivity contribution in [1.29, 1.82) is 0 Å². The lowest BCUT2D eigenvalue weighted by Crippen LogP contribution is -2.48. The molecule has 0 bridgehead atoms. The lowest BCUT2D eigenvalue weighted by atomic mass is 10.1. The Bertz CT molecular complexity index is 891. The van der Waals surface area contributed by atoms with Gasteiger partial charge in [-0.05, 0) is 50.2 Å². The van der Waals surface area contributed by atoms with E-state index >= 15 is 0 Å². The minimum absolute atomic E-state index is 0.0237. The van der Waals surface area contributed by atoms with Gasteiger partial charge in [-0.1, -0.05) is 6.07 Å².